The molecule has 0 radical (unpaired) electrons. The number of carbonyl (C=O) groups excluding carboxylic acids is 2. The molecular weight excluding hydrogens is 240 g/mol. The number of imide groups is 1. The fourth-order valence-electron chi connectivity index (χ4n) is 1.91. The summed E-state index contributed by atoms with van der Waals surface area (Å²) in [6.45, 7) is 2.70. The fourth-order valence-corrected chi connectivity index (χ4v) is 1.91. The third-order valence-corrected chi connectivity index (χ3v) is 2.67. The second kappa shape index (κ2) is 6.92. The molecule has 0 aliphatic carbocycles. The Morgan fingerprint density at radius 3 is 2.11 bits per heavy atom. The lowest BCUT2D eigenvalue weighted by molar-refractivity contribution is -0.138. The standard InChI is InChI=1S/C10H18N4O4/c11-10(18)12-8(15)6-13-2-1-3-14(5-4-13)7-9(16)17/h1-7H2,(H,16,17)(H3,11,12,15,18). The molecule has 4 N–H and O–H groups in total. The maximum Gasteiger partial charge on any atom is 0.318 e. The van der Waals surface area contributed by atoms with Crippen LogP contribution in [0.4, 0.5) is 4.79 Å². The van der Waals surface area contributed by atoms with Crippen LogP contribution in [-0.4, -0.2) is 72.1 Å². The Morgan fingerprint density at radius 1 is 1.06 bits per heavy atom. The molecule has 0 bridgehead atoms. The average molecular weight is 258 g/mol. The lowest BCUT2D eigenvalue weighted by Crippen LogP contribution is -2.43. The summed E-state index contributed by atoms with van der Waals surface area (Å²) in [5, 5.41) is 10.7. The summed E-state index contributed by atoms with van der Waals surface area (Å²) >= 11 is 0. The van der Waals surface area contributed by atoms with Crippen molar-refractivity contribution >= 4 is 17.9 Å². The quantitative estimate of drug-likeness (QED) is 0.552. The maximum absolute atomic E-state index is 11.3. The van der Waals surface area contributed by atoms with Gasteiger partial charge in [0.05, 0.1) is 13.1 Å². The van der Waals surface area contributed by atoms with Crippen LogP contribution >= 0.6 is 0 Å². The Labute approximate surface area is 105 Å². The molecule has 1 saturated heterocycles. The molecule has 0 aromatic heterocycles. The largest absolute Gasteiger partial charge is 0.480 e. The van der Waals surface area contributed by atoms with Gasteiger partial charge in [0.1, 0.15) is 0 Å². The molecule has 1 heterocycles. The van der Waals surface area contributed by atoms with Gasteiger partial charge in [-0.3, -0.25) is 24.7 Å². The van der Waals surface area contributed by atoms with Crippen LogP contribution in [0.3, 0.4) is 0 Å². The average Bonchev–Trinajstić information content (AvgIpc) is 2.42. The Morgan fingerprint density at radius 2 is 1.61 bits per heavy atom. The number of hydrogen-bond donors (Lipinski definition) is 3. The van der Waals surface area contributed by atoms with Crippen LogP contribution < -0.4 is 11.1 Å². The van der Waals surface area contributed by atoms with Crippen molar-refractivity contribution in [2.24, 2.45) is 5.73 Å². The smallest absolute Gasteiger partial charge is 0.318 e. The van der Waals surface area contributed by atoms with Crippen molar-refractivity contribution < 1.29 is 19.5 Å². The van der Waals surface area contributed by atoms with Crippen LogP contribution in [-0.2, 0) is 9.59 Å². The molecule has 0 saturated carbocycles. The number of nitrogens with two attached hydrogens (primary N) is 1. The Balaban J connectivity index is 2.35. The molecule has 8 heteroatoms. The summed E-state index contributed by atoms with van der Waals surface area (Å²) in [6.07, 6.45) is 0.789. The third-order valence-electron chi connectivity index (χ3n) is 2.67. The van der Waals surface area contributed by atoms with Gasteiger partial charge in [0.25, 0.3) is 0 Å². The van der Waals surface area contributed by atoms with E-state index < -0.39 is 17.9 Å². The molecule has 0 atom stereocenters. The lowest BCUT2D eigenvalue weighted by atomic mass is 10.3. The van der Waals surface area contributed by atoms with Gasteiger partial charge in [-0.25, -0.2) is 4.79 Å². The second-order valence-electron chi connectivity index (χ2n) is 4.21. The number of primary amides is 1. The summed E-state index contributed by atoms with van der Waals surface area (Å²) in [5.41, 5.74) is 4.84. The topological polar surface area (TPSA) is 116 Å². The number of amides is 3. The number of nitrogens with one attached hydrogen (secondary N) is 1. The number of hydrogen-bond acceptors (Lipinski definition) is 5. The zero-order valence-corrected chi connectivity index (χ0v) is 10.1. The molecule has 18 heavy (non-hydrogen) atoms. The normalized spacial score (nSPS) is 18.0. The van der Waals surface area contributed by atoms with Crippen LogP contribution in [0.2, 0.25) is 0 Å². The molecule has 1 fully saturated rings. The van der Waals surface area contributed by atoms with E-state index >= 15 is 0 Å². The van der Waals surface area contributed by atoms with Gasteiger partial charge in [0.2, 0.25) is 5.91 Å². The minimum Gasteiger partial charge on any atom is -0.480 e. The van der Waals surface area contributed by atoms with Crippen molar-refractivity contribution in [3.05, 3.63) is 0 Å². The first-order valence-corrected chi connectivity index (χ1v) is 5.73. The molecule has 0 aromatic carbocycles. The summed E-state index contributed by atoms with van der Waals surface area (Å²) in [4.78, 5) is 36.1. The first-order chi connectivity index (χ1) is 8.47. The summed E-state index contributed by atoms with van der Waals surface area (Å²) < 4.78 is 0. The molecule has 1 aliphatic heterocycles. The van der Waals surface area contributed by atoms with Gasteiger partial charge in [0.15, 0.2) is 0 Å². The van der Waals surface area contributed by atoms with Gasteiger partial charge in [-0.2, -0.15) is 0 Å². The Hall–Kier alpha value is -1.67. The van der Waals surface area contributed by atoms with Gasteiger partial charge >= 0.3 is 12.0 Å². The Kier molecular flexibility index (Phi) is 5.53. The summed E-state index contributed by atoms with van der Waals surface area (Å²) in [7, 11) is 0. The predicted molar refractivity (Wildman–Crippen MR) is 62.9 cm³/mol. The van der Waals surface area contributed by atoms with Gasteiger partial charge < -0.3 is 10.8 Å². The highest BCUT2D eigenvalue weighted by atomic mass is 16.4. The number of carboxylic acid groups (broad SMARTS) is 1. The van der Waals surface area contributed by atoms with Crippen molar-refractivity contribution in [3.8, 4) is 0 Å². The van der Waals surface area contributed by atoms with Crippen LogP contribution in [0.15, 0.2) is 0 Å². The van der Waals surface area contributed by atoms with Crippen LogP contribution in [0.25, 0.3) is 0 Å². The van der Waals surface area contributed by atoms with Crippen LogP contribution in [0, 0.1) is 0 Å². The number of nitrogens with zero attached hydrogens (tertiary/aromatic N) is 2. The van der Waals surface area contributed by atoms with Crippen LogP contribution in [0.5, 0.6) is 0 Å². The first-order valence-electron chi connectivity index (χ1n) is 5.73. The fraction of sp³-hybridized carbons (Fsp3) is 0.700. The van der Waals surface area contributed by atoms with E-state index in [9.17, 15) is 14.4 Å². The third kappa shape index (κ3) is 5.60. The van der Waals surface area contributed by atoms with Crippen molar-refractivity contribution in [2.45, 2.75) is 6.42 Å². The molecule has 0 aromatic rings. The SMILES string of the molecule is NC(=O)NC(=O)CN1CCCN(CC(=O)O)CC1. The van der Waals surface area contributed by atoms with Crippen molar-refractivity contribution in [1.82, 2.24) is 15.1 Å². The predicted octanol–water partition coefficient (Wildman–Crippen LogP) is -1.73. The molecule has 0 spiro atoms. The van der Waals surface area contributed by atoms with E-state index in [4.69, 9.17) is 10.8 Å². The summed E-state index contributed by atoms with van der Waals surface area (Å²) in [5.74, 6) is -1.29. The molecule has 1 rings (SSSR count). The molecule has 3 amide bonds. The van der Waals surface area contributed by atoms with Gasteiger partial charge in [-0.05, 0) is 13.0 Å². The van der Waals surface area contributed by atoms with Crippen molar-refractivity contribution in [3.63, 3.8) is 0 Å². The number of aliphatic carboxylic acids is 1. The van der Waals surface area contributed by atoms with E-state index in [1.165, 1.54) is 0 Å². The van der Waals surface area contributed by atoms with Gasteiger partial charge in [0, 0.05) is 19.6 Å². The monoisotopic (exact) mass is 258 g/mol. The number of carboxylic acids is 1. The van der Waals surface area contributed by atoms with E-state index in [1.54, 1.807) is 0 Å². The highest BCUT2D eigenvalue weighted by Crippen LogP contribution is 2.02. The zero-order chi connectivity index (χ0) is 13.5. The minimum atomic E-state index is -0.859. The molecule has 1 aliphatic rings. The molecule has 8 nitrogen and oxygen atoms in total. The number of rotatable bonds is 4. The molecule has 0 unspecified atom stereocenters. The van der Waals surface area contributed by atoms with E-state index in [-0.39, 0.29) is 13.1 Å². The zero-order valence-electron chi connectivity index (χ0n) is 10.1. The van der Waals surface area contributed by atoms with E-state index in [2.05, 4.69) is 0 Å². The highest BCUT2D eigenvalue weighted by Gasteiger charge is 2.18. The number of carbonyl (C=O) groups is 3. The second-order valence-corrected chi connectivity index (χ2v) is 4.21. The van der Waals surface area contributed by atoms with E-state index in [1.807, 2.05) is 15.1 Å². The minimum absolute atomic E-state index is 0.0152. The van der Waals surface area contributed by atoms with Crippen molar-refractivity contribution in [1.29, 1.82) is 0 Å². The maximum atomic E-state index is 11.3. The summed E-state index contributed by atoms with van der Waals surface area (Å²) in [6, 6.07) is -0.859. The van der Waals surface area contributed by atoms with E-state index in [0.717, 1.165) is 6.42 Å². The van der Waals surface area contributed by atoms with Gasteiger partial charge in [-0.1, -0.05) is 0 Å². The highest BCUT2D eigenvalue weighted by molar-refractivity contribution is 5.94. The molecular formula is C10H18N4O4. The lowest BCUT2D eigenvalue weighted by Gasteiger charge is -2.19. The van der Waals surface area contributed by atoms with Gasteiger partial charge in [-0.15, -0.1) is 0 Å². The number of urea groups is 1. The van der Waals surface area contributed by atoms with Crippen molar-refractivity contribution in [2.75, 3.05) is 39.3 Å². The van der Waals surface area contributed by atoms with Crippen LogP contribution in [0.1, 0.15) is 6.42 Å². The molecule has 102 valence electrons. The first kappa shape index (κ1) is 14.4. The Bertz CT molecular complexity index is 334. The van der Waals surface area contributed by atoms with E-state index in [0.29, 0.717) is 26.2 Å².